The van der Waals surface area contributed by atoms with Gasteiger partial charge in [-0.25, -0.2) is 0 Å². The van der Waals surface area contributed by atoms with Gasteiger partial charge in [-0.3, -0.25) is 14.8 Å². The SMILES string of the molecule is Cc1cc(CN2CCCN(Cc3cccnc3)CC2)on1. The Morgan fingerprint density at radius 2 is 1.95 bits per heavy atom. The van der Waals surface area contributed by atoms with Gasteiger partial charge in [0.25, 0.3) is 0 Å². The van der Waals surface area contributed by atoms with Gasteiger partial charge in [-0.2, -0.15) is 0 Å². The smallest absolute Gasteiger partial charge is 0.150 e. The summed E-state index contributed by atoms with van der Waals surface area (Å²) in [4.78, 5) is 9.14. The zero-order valence-electron chi connectivity index (χ0n) is 12.5. The third kappa shape index (κ3) is 4.12. The zero-order valence-corrected chi connectivity index (χ0v) is 12.5. The average Bonchev–Trinajstić information content (AvgIpc) is 2.77. The molecular weight excluding hydrogens is 264 g/mol. The summed E-state index contributed by atoms with van der Waals surface area (Å²) >= 11 is 0. The van der Waals surface area contributed by atoms with Crippen molar-refractivity contribution in [2.45, 2.75) is 26.4 Å². The second-order valence-corrected chi connectivity index (χ2v) is 5.70. The van der Waals surface area contributed by atoms with Crippen molar-refractivity contribution in [2.75, 3.05) is 26.2 Å². The average molecular weight is 286 g/mol. The van der Waals surface area contributed by atoms with Crippen LogP contribution < -0.4 is 0 Å². The lowest BCUT2D eigenvalue weighted by Gasteiger charge is -2.20. The Bertz CT molecular complexity index is 554. The van der Waals surface area contributed by atoms with Gasteiger partial charge < -0.3 is 4.52 Å². The molecule has 0 atom stereocenters. The van der Waals surface area contributed by atoms with Gasteiger partial charge in [0.05, 0.1) is 12.2 Å². The van der Waals surface area contributed by atoms with Gasteiger partial charge in [0, 0.05) is 38.1 Å². The first-order valence-electron chi connectivity index (χ1n) is 7.55. The molecule has 0 spiro atoms. The summed E-state index contributed by atoms with van der Waals surface area (Å²) in [6, 6.07) is 6.18. The standard InChI is InChI=1S/C16H22N4O/c1-14-10-16(21-18-14)13-20-7-3-6-19(8-9-20)12-15-4-2-5-17-11-15/h2,4-5,10-11H,3,6-9,12-13H2,1H3. The highest BCUT2D eigenvalue weighted by Gasteiger charge is 2.16. The third-order valence-electron chi connectivity index (χ3n) is 3.87. The molecule has 112 valence electrons. The minimum atomic E-state index is 0.863. The molecule has 0 amide bonds. The van der Waals surface area contributed by atoms with E-state index in [1.165, 1.54) is 12.0 Å². The van der Waals surface area contributed by atoms with Gasteiger partial charge in [0.2, 0.25) is 0 Å². The first-order chi connectivity index (χ1) is 10.3. The van der Waals surface area contributed by atoms with Crippen LogP contribution in [0.4, 0.5) is 0 Å². The molecule has 1 saturated heterocycles. The summed E-state index contributed by atoms with van der Waals surface area (Å²) < 4.78 is 5.32. The quantitative estimate of drug-likeness (QED) is 0.861. The van der Waals surface area contributed by atoms with Crippen LogP contribution in [0.5, 0.6) is 0 Å². The Hall–Kier alpha value is -1.72. The molecule has 0 saturated carbocycles. The van der Waals surface area contributed by atoms with Gasteiger partial charge >= 0.3 is 0 Å². The van der Waals surface area contributed by atoms with Crippen molar-refractivity contribution in [3.8, 4) is 0 Å². The molecule has 3 heterocycles. The molecule has 1 fully saturated rings. The zero-order chi connectivity index (χ0) is 14.5. The summed E-state index contributed by atoms with van der Waals surface area (Å²) in [6.45, 7) is 8.22. The van der Waals surface area contributed by atoms with E-state index in [-0.39, 0.29) is 0 Å². The minimum absolute atomic E-state index is 0.863. The maximum Gasteiger partial charge on any atom is 0.150 e. The van der Waals surface area contributed by atoms with E-state index in [4.69, 9.17) is 4.52 Å². The molecule has 0 N–H and O–H groups in total. The number of hydrogen-bond donors (Lipinski definition) is 0. The molecule has 3 rings (SSSR count). The lowest BCUT2D eigenvalue weighted by atomic mass is 10.2. The largest absolute Gasteiger partial charge is 0.360 e. The van der Waals surface area contributed by atoms with E-state index in [9.17, 15) is 0 Å². The third-order valence-corrected chi connectivity index (χ3v) is 3.87. The van der Waals surface area contributed by atoms with Crippen molar-refractivity contribution in [1.82, 2.24) is 19.9 Å². The molecule has 0 unspecified atom stereocenters. The predicted molar refractivity (Wildman–Crippen MR) is 80.6 cm³/mol. The van der Waals surface area contributed by atoms with Gasteiger partial charge in [-0.1, -0.05) is 11.2 Å². The molecule has 5 nitrogen and oxygen atoms in total. The summed E-state index contributed by atoms with van der Waals surface area (Å²) in [5.74, 6) is 0.966. The maximum atomic E-state index is 5.32. The van der Waals surface area contributed by atoms with E-state index >= 15 is 0 Å². The monoisotopic (exact) mass is 286 g/mol. The number of nitrogens with zero attached hydrogens (tertiary/aromatic N) is 4. The van der Waals surface area contributed by atoms with Crippen LogP contribution in [0.2, 0.25) is 0 Å². The molecule has 2 aromatic heterocycles. The molecule has 1 aliphatic rings. The Balaban J connectivity index is 1.52. The number of aryl methyl sites for hydroxylation is 1. The van der Waals surface area contributed by atoms with Crippen LogP contribution >= 0.6 is 0 Å². The van der Waals surface area contributed by atoms with Crippen LogP contribution in [0.25, 0.3) is 0 Å². The highest BCUT2D eigenvalue weighted by molar-refractivity contribution is 5.08. The van der Waals surface area contributed by atoms with Crippen LogP contribution in [0, 0.1) is 6.92 Å². The fourth-order valence-corrected chi connectivity index (χ4v) is 2.80. The Morgan fingerprint density at radius 1 is 1.14 bits per heavy atom. The van der Waals surface area contributed by atoms with Crippen molar-refractivity contribution >= 4 is 0 Å². The van der Waals surface area contributed by atoms with E-state index in [0.717, 1.165) is 50.7 Å². The van der Waals surface area contributed by atoms with Gasteiger partial charge in [0.1, 0.15) is 0 Å². The van der Waals surface area contributed by atoms with Crippen molar-refractivity contribution in [1.29, 1.82) is 0 Å². The van der Waals surface area contributed by atoms with Crippen molar-refractivity contribution in [3.05, 3.63) is 47.6 Å². The van der Waals surface area contributed by atoms with E-state index in [1.807, 2.05) is 31.5 Å². The predicted octanol–water partition coefficient (Wildman–Crippen LogP) is 2.09. The van der Waals surface area contributed by atoms with Gasteiger partial charge in [-0.15, -0.1) is 0 Å². The van der Waals surface area contributed by atoms with Crippen molar-refractivity contribution in [2.24, 2.45) is 0 Å². The Labute approximate surface area is 125 Å². The molecular formula is C16H22N4O. The minimum Gasteiger partial charge on any atom is -0.360 e. The molecule has 0 aromatic carbocycles. The lowest BCUT2D eigenvalue weighted by Crippen LogP contribution is -2.30. The summed E-state index contributed by atoms with van der Waals surface area (Å²) in [5, 5.41) is 3.96. The molecule has 0 radical (unpaired) electrons. The molecule has 1 aliphatic heterocycles. The van der Waals surface area contributed by atoms with E-state index in [1.54, 1.807) is 0 Å². The summed E-state index contributed by atoms with van der Waals surface area (Å²) in [7, 11) is 0. The highest BCUT2D eigenvalue weighted by atomic mass is 16.5. The first kappa shape index (κ1) is 14.2. The van der Waals surface area contributed by atoms with Crippen LogP contribution in [0.3, 0.4) is 0 Å². The topological polar surface area (TPSA) is 45.4 Å². The van der Waals surface area contributed by atoms with Crippen LogP contribution in [-0.2, 0) is 13.1 Å². The van der Waals surface area contributed by atoms with Gasteiger partial charge in [0.15, 0.2) is 5.76 Å². The molecule has 0 aliphatic carbocycles. The van der Waals surface area contributed by atoms with Crippen molar-refractivity contribution in [3.63, 3.8) is 0 Å². The van der Waals surface area contributed by atoms with Gasteiger partial charge in [-0.05, 0) is 38.1 Å². The van der Waals surface area contributed by atoms with E-state index in [2.05, 4.69) is 26.0 Å². The lowest BCUT2D eigenvalue weighted by molar-refractivity contribution is 0.225. The normalized spacial score (nSPS) is 17.8. The van der Waals surface area contributed by atoms with Crippen LogP contribution in [0.15, 0.2) is 35.1 Å². The summed E-state index contributed by atoms with van der Waals surface area (Å²) in [6.07, 6.45) is 4.97. The number of aromatic nitrogens is 2. The van der Waals surface area contributed by atoms with E-state index < -0.39 is 0 Å². The first-order valence-corrected chi connectivity index (χ1v) is 7.55. The molecule has 5 heteroatoms. The van der Waals surface area contributed by atoms with E-state index in [0.29, 0.717) is 0 Å². The Kier molecular flexibility index (Phi) is 4.62. The number of pyridine rings is 1. The fourth-order valence-electron chi connectivity index (χ4n) is 2.80. The highest BCUT2D eigenvalue weighted by Crippen LogP contribution is 2.12. The summed E-state index contributed by atoms with van der Waals surface area (Å²) in [5.41, 5.74) is 2.25. The molecule has 2 aromatic rings. The van der Waals surface area contributed by atoms with Crippen LogP contribution in [0.1, 0.15) is 23.4 Å². The van der Waals surface area contributed by atoms with Crippen molar-refractivity contribution < 1.29 is 4.52 Å². The van der Waals surface area contributed by atoms with Crippen LogP contribution in [-0.4, -0.2) is 46.1 Å². The molecule has 0 bridgehead atoms. The maximum absolute atomic E-state index is 5.32. The number of rotatable bonds is 4. The fraction of sp³-hybridized carbons (Fsp3) is 0.500. The second-order valence-electron chi connectivity index (χ2n) is 5.70. The second kappa shape index (κ2) is 6.83. The molecule has 21 heavy (non-hydrogen) atoms. The number of hydrogen-bond acceptors (Lipinski definition) is 5. The Morgan fingerprint density at radius 3 is 2.62 bits per heavy atom.